The van der Waals surface area contributed by atoms with Crippen LogP contribution in [0, 0.1) is 6.92 Å². The zero-order chi connectivity index (χ0) is 26.6. The van der Waals surface area contributed by atoms with E-state index in [-0.39, 0.29) is 11.8 Å². The molecule has 0 radical (unpaired) electrons. The average Bonchev–Trinajstić information content (AvgIpc) is 3.30. The first kappa shape index (κ1) is 26.1. The smallest absolute Gasteiger partial charge is 0.495 e. The number of imidazole rings is 1. The fraction of sp³-hybridized carbons (Fsp3) is 0.333. The lowest BCUT2D eigenvalue weighted by Crippen LogP contribution is -2.39. The van der Waals surface area contributed by atoms with Gasteiger partial charge in [-0.1, -0.05) is 23.4 Å². The van der Waals surface area contributed by atoms with E-state index in [1.54, 1.807) is 25.6 Å². The molecule has 0 amide bonds. The molecule has 7 nitrogen and oxygen atoms in total. The van der Waals surface area contributed by atoms with E-state index in [2.05, 4.69) is 25.9 Å². The number of aryl methyl sites for hydroxylation is 1. The lowest BCUT2D eigenvalue weighted by Gasteiger charge is -2.36. The maximum Gasteiger partial charge on any atom is 0.573 e. The molecule has 0 N–H and O–H groups in total. The molecule has 1 aliphatic rings. The third-order valence-electron chi connectivity index (χ3n) is 6.18. The van der Waals surface area contributed by atoms with Gasteiger partial charge in [-0.25, -0.2) is 4.98 Å². The van der Waals surface area contributed by atoms with E-state index in [1.807, 2.05) is 42.8 Å². The maximum absolute atomic E-state index is 12.5. The quantitative estimate of drug-likeness (QED) is 0.347. The van der Waals surface area contributed by atoms with Crippen LogP contribution in [0.2, 0.25) is 0 Å². The molecule has 10 heteroatoms. The minimum absolute atomic E-state index is 0.154. The second-order valence-electron chi connectivity index (χ2n) is 8.71. The maximum atomic E-state index is 12.5. The molecule has 37 heavy (non-hydrogen) atoms. The highest BCUT2D eigenvalue weighted by Gasteiger charge is 2.31. The normalized spacial score (nSPS) is 17.2. The van der Waals surface area contributed by atoms with Gasteiger partial charge in [0.05, 0.1) is 30.9 Å². The van der Waals surface area contributed by atoms with Crippen LogP contribution in [0.15, 0.2) is 65.7 Å². The SMILES string of the molecule is CON=C1/C(=C/c2ccc(-n3cnc(C)c3)c(OC)c2)CCCN1C(C)c1ccc(OC(F)(F)F)cc1. The molecule has 1 aliphatic heterocycles. The van der Waals surface area contributed by atoms with E-state index in [0.717, 1.165) is 47.5 Å². The minimum Gasteiger partial charge on any atom is -0.495 e. The molecular weight excluding hydrogens is 485 g/mol. The Labute approximate surface area is 213 Å². The number of alkyl halides is 3. The number of ether oxygens (including phenoxy) is 2. The van der Waals surface area contributed by atoms with Crippen LogP contribution in [0.25, 0.3) is 11.8 Å². The Balaban J connectivity index is 1.60. The predicted molar refractivity (Wildman–Crippen MR) is 135 cm³/mol. The number of halogens is 3. The number of rotatable bonds is 7. The average molecular weight is 515 g/mol. The first-order valence-corrected chi connectivity index (χ1v) is 11.8. The van der Waals surface area contributed by atoms with Gasteiger partial charge in [0.15, 0.2) is 5.84 Å². The van der Waals surface area contributed by atoms with E-state index in [9.17, 15) is 13.2 Å². The van der Waals surface area contributed by atoms with Crippen molar-refractivity contribution in [3.05, 3.63) is 77.4 Å². The summed E-state index contributed by atoms with van der Waals surface area (Å²) in [5.41, 5.74) is 4.56. The standard InChI is InChI=1S/C27H29F3N4O3/c1-18-16-33(17-31-18)24-12-7-20(15-25(24)35-3)14-22-6-5-13-34(26(22)32-36-4)19(2)21-8-10-23(11-9-21)37-27(28,29)30/h7-12,14-17,19H,5-6,13H2,1-4H3/b22-14+,32-26?. The third-order valence-corrected chi connectivity index (χ3v) is 6.18. The number of hydrogen-bond donors (Lipinski definition) is 0. The van der Waals surface area contributed by atoms with Gasteiger partial charge in [0, 0.05) is 12.7 Å². The highest BCUT2D eigenvalue weighted by atomic mass is 19.4. The first-order valence-electron chi connectivity index (χ1n) is 11.8. The van der Waals surface area contributed by atoms with Crippen LogP contribution in [0.3, 0.4) is 0 Å². The van der Waals surface area contributed by atoms with E-state index in [4.69, 9.17) is 9.57 Å². The van der Waals surface area contributed by atoms with Crippen molar-refractivity contribution in [2.75, 3.05) is 20.8 Å². The van der Waals surface area contributed by atoms with Gasteiger partial charge in [0.1, 0.15) is 18.6 Å². The van der Waals surface area contributed by atoms with Gasteiger partial charge in [-0.15, -0.1) is 13.2 Å². The zero-order valence-corrected chi connectivity index (χ0v) is 21.1. The number of oxime groups is 1. The van der Waals surface area contributed by atoms with Crippen molar-refractivity contribution < 1.29 is 27.5 Å². The van der Waals surface area contributed by atoms with Crippen LogP contribution >= 0.6 is 0 Å². The third kappa shape index (κ3) is 6.25. The molecule has 4 rings (SSSR count). The lowest BCUT2D eigenvalue weighted by atomic mass is 9.96. The molecule has 3 aromatic rings. The molecule has 1 fully saturated rings. The number of benzene rings is 2. The molecule has 196 valence electrons. The predicted octanol–water partition coefficient (Wildman–Crippen LogP) is 6.29. The van der Waals surface area contributed by atoms with Crippen LogP contribution in [0.4, 0.5) is 13.2 Å². The van der Waals surface area contributed by atoms with Crippen LogP contribution in [-0.4, -0.2) is 47.4 Å². The molecule has 1 unspecified atom stereocenters. The molecule has 0 spiro atoms. The van der Waals surface area contributed by atoms with E-state index in [1.165, 1.54) is 19.2 Å². The van der Waals surface area contributed by atoms with Crippen molar-refractivity contribution in [3.63, 3.8) is 0 Å². The van der Waals surface area contributed by atoms with Crippen LogP contribution < -0.4 is 9.47 Å². The number of aromatic nitrogens is 2. The van der Waals surface area contributed by atoms with E-state index >= 15 is 0 Å². The largest absolute Gasteiger partial charge is 0.573 e. The summed E-state index contributed by atoms with van der Waals surface area (Å²) in [5, 5.41) is 4.32. The minimum atomic E-state index is -4.73. The number of likely N-dealkylation sites (tertiary alicyclic amines) is 1. The summed E-state index contributed by atoms with van der Waals surface area (Å²) < 4.78 is 49.1. The van der Waals surface area contributed by atoms with Crippen LogP contribution in [-0.2, 0) is 4.84 Å². The van der Waals surface area contributed by atoms with Gasteiger partial charge >= 0.3 is 6.36 Å². The van der Waals surface area contributed by atoms with Gasteiger partial charge in [0.25, 0.3) is 0 Å². The Hall–Kier alpha value is -3.95. The topological polar surface area (TPSA) is 61.1 Å². The summed E-state index contributed by atoms with van der Waals surface area (Å²) in [6.07, 6.45) is 2.70. The monoisotopic (exact) mass is 514 g/mol. The Morgan fingerprint density at radius 2 is 1.86 bits per heavy atom. The summed E-state index contributed by atoms with van der Waals surface area (Å²) in [6.45, 7) is 4.64. The van der Waals surface area contributed by atoms with Crippen molar-refractivity contribution in [2.45, 2.75) is 39.1 Å². The van der Waals surface area contributed by atoms with Gasteiger partial charge in [-0.05, 0) is 73.7 Å². The van der Waals surface area contributed by atoms with Crippen molar-refractivity contribution in [1.29, 1.82) is 0 Å². The molecule has 1 aromatic heterocycles. The van der Waals surface area contributed by atoms with Crippen LogP contribution in [0.5, 0.6) is 11.5 Å². The number of nitrogens with zero attached hydrogens (tertiary/aromatic N) is 4. The molecule has 2 aromatic carbocycles. The van der Waals surface area contributed by atoms with Crippen molar-refractivity contribution in [1.82, 2.24) is 14.5 Å². The molecular formula is C27H29F3N4O3. The Morgan fingerprint density at radius 3 is 2.49 bits per heavy atom. The highest BCUT2D eigenvalue weighted by Crippen LogP contribution is 2.32. The summed E-state index contributed by atoms with van der Waals surface area (Å²) in [7, 11) is 3.13. The molecule has 2 heterocycles. The van der Waals surface area contributed by atoms with Gasteiger partial charge < -0.3 is 23.8 Å². The number of hydrogen-bond acceptors (Lipinski definition) is 5. The Morgan fingerprint density at radius 1 is 1.11 bits per heavy atom. The second kappa shape index (κ2) is 11.0. The van der Waals surface area contributed by atoms with Crippen LogP contribution in [0.1, 0.15) is 42.6 Å². The molecule has 1 saturated heterocycles. The van der Waals surface area contributed by atoms with E-state index < -0.39 is 6.36 Å². The van der Waals surface area contributed by atoms with Crippen molar-refractivity contribution in [2.24, 2.45) is 5.16 Å². The second-order valence-corrected chi connectivity index (χ2v) is 8.71. The summed E-state index contributed by atoms with van der Waals surface area (Å²) >= 11 is 0. The van der Waals surface area contributed by atoms with Gasteiger partial charge in [-0.2, -0.15) is 0 Å². The summed E-state index contributed by atoms with van der Waals surface area (Å²) in [6, 6.07) is 11.7. The van der Waals surface area contributed by atoms with Crippen molar-refractivity contribution >= 4 is 11.9 Å². The molecule has 1 atom stereocenters. The van der Waals surface area contributed by atoms with Gasteiger partial charge in [0.2, 0.25) is 0 Å². The first-order chi connectivity index (χ1) is 17.7. The highest BCUT2D eigenvalue weighted by molar-refractivity contribution is 6.02. The molecule has 0 saturated carbocycles. The summed E-state index contributed by atoms with van der Waals surface area (Å²) in [4.78, 5) is 11.6. The number of methoxy groups -OCH3 is 1. The van der Waals surface area contributed by atoms with Crippen molar-refractivity contribution in [3.8, 4) is 17.2 Å². The number of piperidine rings is 1. The Bertz CT molecular complexity index is 1280. The lowest BCUT2D eigenvalue weighted by molar-refractivity contribution is -0.274. The zero-order valence-electron chi connectivity index (χ0n) is 21.1. The number of amidine groups is 1. The molecule has 0 aliphatic carbocycles. The molecule has 0 bridgehead atoms. The Kier molecular flexibility index (Phi) is 7.75. The summed E-state index contributed by atoms with van der Waals surface area (Å²) in [5.74, 6) is 1.14. The van der Waals surface area contributed by atoms with E-state index in [0.29, 0.717) is 11.6 Å². The fourth-order valence-electron chi connectivity index (χ4n) is 4.43. The fourth-order valence-corrected chi connectivity index (χ4v) is 4.43. The van der Waals surface area contributed by atoms with Gasteiger partial charge in [-0.3, -0.25) is 0 Å².